The molecular formula is C13H28N2O. The average molecular weight is 228 g/mol. The average Bonchev–Trinajstić information content (AvgIpc) is 2.29. The number of amides is 1. The molecule has 0 fully saturated rings. The molecule has 0 saturated heterocycles. The van der Waals surface area contributed by atoms with E-state index in [0.29, 0.717) is 12.5 Å². The van der Waals surface area contributed by atoms with Gasteiger partial charge in [0.1, 0.15) is 0 Å². The molecule has 2 unspecified atom stereocenters. The van der Waals surface area contributed by atoms with Crippen LogP contribution in [0.4, 0.5) is 0 Å². The second-order valence-corrected chi connectivity index (χ2v) is 4.44. The normalized spacial score (nSPS) is 14.5. The van der Waals surface area contributed by atoms with Crippen molar-refractivity contribution in [1.82, 2.24) is 10.6 Å². The molecule has 0 aliphatic heterocycles. The summed E-state index contributed by atoms with van der Waals surface area (Å²) < 4.78 is 0. The number of carbonyl (C=O) groups excluding carboxylic acids is 1. The molecule has 2 N–H and O–H groups in total. The van der Waals surface area contributed by atoms with Gasteiger partial charge in [0.25, 0.3) is 0 Å². The van der Waals surface area contributed by atoms with Gasteiger partial charge in [-0.05, 0) is 32.7 Å². The molecule has 3 heteroatoms. The lowest BCUT2D eigenvalue weighted by molar-refractivity contribution is -0.122. The summed E-state index contributed by atoms with van der Waals surface area (Å²) in [5.74, 6) is 0.810. The minimum atomic E-state index is -0.0735. The topological polar surface area (TPSA) is 41.1 Å². The Balaban J connectivity index is 3.77. The Bertz CT molecular complexity index is 183. The number of unbranched alkanes of at least 4 members (excludes halogenated alkanes) is 1. The molecule has 2 atom stereocenters. The van der Waals surface area contributed by atoms with Crippen molar-refractivity contribution in [1.29, 1.82) is 0 Å². The van der Waals surface area contributed by atoms with Crippen LogP contribution in [0.5, 0.6) is 0 Å². The highest BCUT2D eigenvalue weighted by atomic mass is 16.2. The monoisotopic (exact) mass is 228 g/mol. The number of hydrogen-bond donors (Lipinski definition) is 2. The van der Waals surface area contributed by atoms with E-state index in [4.69, 9.17) is 0 Å². The van der Waals surface area contributed by atoms with Crippen LogP contribution >= 0.6 is 0 Å². The summed E-state index contributed by atoms with van der Waals surface area (Å²) in [6.45, 7) is 9.97. The lowest BCUT2D eigenvalue weighted by Gasteiger charge is -2.19. The van der Waals surface area contributed by atoms with E-state index in [1.807, 2.05) is 13.8 Å². The van der Waals surface area contributed by atoms with E-state index in [1.54, 1.807) is 0 Å². The van der Waals surface area contributed by atoms with Crippen molar-refractivity contribution < 1.29 is 4.79 Å². The lowest BCUT2D eigenvalue weighted by atomic mass is 9.99. The van der Waals surface area contributed by atoms with Crippen LogP contribution in [0.3, 0.4) is 0 Å². The molecule has 3 nitrogen and oxygen atoms in total. The molecule has 0 aliphatic carbocycles. The highest BCUT2D eigenvalue weighted by molar-refractivity contribution is 5.81. The molecule has 16 heavy (non-hydrogen) atoms. The van der Waals surface area contributed by atoms with Gasteiger partial charge in [0, 0.05) is 6.54 Å². The number of hydrogen-bond acceptors (Lipinski definition) is 2. The fourth-order valence-electron chi connectivity index (χ4n) is 1.71. The summed E-state index contributed by atoms with van der Waals surface area (Å²) in [4.78, 5) is 11.5. The third-order valence-electron chi connectivity index (χ3n) is 3.00. The van der Waals surface area contributed by atoms with Crippen LogP contribution in [0, 0.1) is 5.92 Å². The molecule has 0 aliphatic rings. The maximum absolute atomic E-state index is 11.5. The maximum atomic E-state index is 11.5. The van der Waals surface area contributed by atoms with Gasteiger partial charge in [-0.3, -0.25) is 4.79 Å². The van der Waals surface area contributed by atoms with Crippen molar-refractivity contribution in [3.05, 3.63) is 0 Å². The predicted molar refractivity (Wildman–Crippen MR) is 69.5 cm³/mol. The zero-order valence-corrected chi connectivity index (χ0v) is 11.3. The lowest BCUT2D eigenvalue weighted by Crippen LogP contribution is -2.43. The number of rotatable bonds is 9. The summed E-state index contributed by atoms with van der Waals surface area (Å²) >= 11 is 0. The minimum Gasteiger partial charge on any atom is -0.355 e. The molecule has 0 aromatic carbocycles. The smallest absolute Gasteiger partial charge is 0.236 e. The first-order valence-electron chi connectivity index (χ1n) is 6.66. The summed E-state index contributed by atoms with van der Waals surface area (Å²) in [6.07, 6.45) is 5.00. The van der Waals surface area contributed by atoms with Crippen LogP contribution in [0.2, 0.25) is 0 Å². The molecule has 0 radical (unpaired) electrons. The molecule has 0 bridgehead atoms. The van der Waals surface area contributed by atoms with E-state index in [1.165, 1.54) is 25.7 Å². The van der Waals surface area contributed by atoms with Gasteiger partial charge in [-0.25, -0.2) is 0 Å². The zero-order valence-electron chi connectivity index (χ0n) is 11.3. The molecule has 0 rings (SSSR count). The van der Waals surface area contributed by atoms with Gasteiger partial charge < -0.3 is 10.6 Å². The Morgan fingerprint density at radius 3 is 2.44 bits per heavy atom. The Morgan fingerprint density at radius 2 is 1.94 bits per heavy atom. The third kappa shape index (κ3) is 6.83. The molecule has 0 saturated carbocycles. The highest BCUT2D eigenvalue weighted by Crippen LogP contribution is 2.11. The summed E-state index contributed by atoms with van der Waals surface area (Å²) in [7, 11) is 0. The van der Waals surface area contributed by atoms with E-state index in [-0.39, 0.29) is 11.9 Å². The first-order chi connectivity index (χ1) is 7.65. The molecule has 0 heterocycles. The van der Waals surface area contributed by atoms with Gasteiger partial charge in [-0.1, -0.05) is 33.1 Å². The van der Waals surface area contributed by atoms with Crippen molar-refractivity contribution in [2.75, 3.05) is 13.1 Å². The van der Waals surface area contributed by atoms with Crippen LogP contribution < -0.4 is 10.6 Å². The van der Waals surface area contributed by atoms with E-state index in [2.05, 4.69) is 24.5 Å². The maximum Gasteiger partial charge on any atom is 0.236 e. The standard InChI is InChI=1S/C13H28N2O/c1-5-8-9-12(6-2)10-15-11(4)13(16)14-7-3/h11-12,15H,5-10H2,1-4H3,(H,14,16). The molecular weight excluding hydrogens is 200 g/mol. The Hall–Kier alpha value is -0.570. The molecule has 96 valence electrons. The van der Waals surface area contributed by atoms with Gasteiger partial charge in [0.2, 0.25) is 5.91 Å². The highest BCUT2D eigenvalue weighted by Gasteiger charge is 2.13. The van der Waals surface area contributed by atoms with Crippen LogP contribution in [-0.4, -0.2) is 25.0 Å². The largest absolute Gasteiger partial charge is 0.355 e. The summed E-state index contributed by atoms with van der Waals surface area (Å²) in [5.41, 5.74) is 0. The zero-order chi connectivity index (χ0) is 12.4. The van der Waals surface area contributed by atoms with E-state index in [0.717, 1.165) is 6.54 Å². The van der Waals surface area contributed by atoms with Crippen molar-refractivity contribution >= 4 is 5.91 Å². The Labute approximate surface area is 100 Å². The van der Waals surface area contributed by atoms with Crippen molar-refractivity contribution in [3.8, 4) is 0 Å². The van der Waals surface area contributed by atoms with Crippen molar-refractivity contribution in [2.24, 2.45) is 5.92 Å². The fraction of sp³-hybridized carbons (Fsp3) is 0.923. The van der Waals surface area contributed by atoms with Gasteiger partial charge in [-0.15, -0.1) is 0 Å². The van der Waals surface area contributed by atoms with Crippen molar-refractivity contribution in [2.45, 2.75) is 59.4 Å². The van der Waals surface area contributed by atoms with E-state index < -0.39 is 0 Å². The Morgan fingerprint density at radius 1 is 1.25 bits per heavy atom. The fourth-order valence-corrected chi connectivity index (χ4v) is 1.71. The first-order valence-corrected chi connectivity index (χ1v) is 6.66. The summed E-state index contributed by atoms with van der Waals surface area (Å²) in [5, 5.41) is 6.14. The molecule has 0 aromatic rings. The second kappa shape index (κ2) is 9.64. The number of carbonyl (C=O) groups is 1. The molecule has 1 amide bonds. The van der Waals surface area contributed by atoms with Crippen LogP contribution in [0.1, 0.15) is 53.4 Å². The Kier molecular flexibility index (Phi) is 9.30. The van der Waals surface area contributed by atoms with Crippen LogP contribution in [0.25, 0.3) is 0 Å². The number of likely N-dealkylation sites (N-methyl/N-ethyl adjacent to an activating group) is 1. The van der Waals surface area contributed by atoms with Gasteiger partial charge in [-0.2, -0.15) is 0 Å². The van der Waals surface area contributed by atoms with Gasteiger partial charge in [0.05, 0.1) is 6.04 Å². The quantitative estimate of drug-likeness (QED) is 0.636. The number of nitrogens with one attached hydrogen (secondary N) is 2. The minimum absolute atomic E-state index is 0.0735. The SMILES string of the molecule is CCCCC(CC)CNC(C)C(=O)NCC. The second-order valence-electron chi connectivity index (χ2n) is 4.44. The van der Waals surface area contributed by atoms with E-state index >= 15 is 0 Å². The molecule has 0 aromatic heterocycles. The summed E-state index contributed by atoms with van der Waals surface area (Å²) in [6, 6.07) is -0.0735. The predicted octanol–water partition coefficient (Wildman–Crippen LogP) is 2.32. The first kappa shape index (κ1) is 15.4. The van der Waals surface area contributed by atoms with Gasteiger partial charge in [0.15, 0.2) is 0 Å². The van der Waals surface area contributed by atoms with Gasteiger partial charge >= 0.3 is 0 Å². The molecule has 0 spiro atoms. The van der Waals surface area contributed by atoms with E-state index in [9.17, 15) is 4.79 Å². The van der Waals surface area contributed by atoms with Crippen LogP contribution in [-0.2, 0) is 4.79 Å². The third-order valence-corrected chi connectivity index (χ3v) is 3.00. The van der Waals surface area contributed by atoms with Crippen molar-refractivity contribution in [3.63, 3.8) is 0 Å². The van der Waals surface area contributed by atoms with Crippen LogP contribution in [0.15, 0.2) is 0 Å².